The molecule has 1 fully saturated rings. The van der Waals surface area contributed by atoms with Crippen molar-refractivity contribution in [2.45, 2.75) is 12.5 Å². The normalized spacial score (nSPS) is 17.3. The Morgan fingerprint density at radius 1 is 1.32 bits per heavy atom. The molecule has 0 radical (unpaired) electrons. The summed E-state index contributed by atoms with van der Waals surface area (Å²) in [6.07, 6.45) is 2.71. The van der Waals surface area contributed by atoms with Gasteiger partial charge in [0.1, 0.15) is 11.6 Å². The van der Waals surface area contributed by atoms with Crippen LogP contribution in [0, 0.1) is 0 Å². The standard InChI is InChI=1S/C17H19N3O2/c1-22-15-6-4-5-13(11-15)17(21)19-14-8-10-20(12-14)16-7-2-3-9-18-16/h2-7,9,11,14H,8,10,12H2,1H3,(H,19,21)/t14-/m1/s1. The first-order chi connectivity index (χ1) is 10.8. The highest BCUT2D eigenvalue weighted by Crippen LogP contribution is 2.18. The summed E-state index contributed by atoms with van der Waals surface area (Å²) in [5.41, 5.74) is 0.621. The highest BCUT2D eigenvalue weighted by atomic mass is 16.5. The molecule has 2 heterocycles. The summed E-state index contributed by atoms with van der Waals surface area (Å²) in [4.78, 5) is 18.9. The topological polar surface area (TPSA) is 54.5 Å². The van der Waals surface area contributed by atoms with Crippen molar-refractivity contribution in [2.24, 2.45) is 0 Å². The summed E-state index contributed by atoms with van der Waals surface area (Å²) in [5, 5.41) is 3.08. The number of ether oxygens (including phenoxy) is 1. The second kappa shape index (κ2) is 6.47. The van der Waals surface area contributed by atoms with Gasteiger partial charge < -0.3 is 15.0 Å². The van der Waals surface area contributed by atoms with Crippen LogP contribution < -0.4 is 15.0 Å². The second-order valence-electron chi connectivity index (χ2n) is 5.32. The van der Waals surface area contributed by atoms with Gasteiger partial charge in [0.2, 0.25) is 0 Å². The van der Waals surface area contributed by atoms with Crippen LogP contribution in [-0.2, 0) is 0 Å². The predicted molar refractivity (Wildman–Crippen MR) is 85.3 cm³/mol. The molecule has 1 aliphatic heterocycles. The van der Waals surface area contributed by atoms with E-state index in [-0.39, 0.29) is 11.9 Å². The fourth-order valence-electron chi connectivity index (χ4n) is 2.66. The number of nitrogens with one attached hydrogen (secondary N) is 1. The molecule has 0 saturated carbocycles. The van der Waals surface area contributed by atoms with Gasteiger partial charge in [-0.1, -0.05) is 12.1 Å². The number of carbonyl (C=O) groups excluding carboxylic acids is 1. The molecule has 0 bridgehead atoms. The van der Waals surface area contributed by atoms with E-state index in [9.17, 15) is 4.79 Å². The third-order valence-electron chi connectivity index (χ3n) is 3.83. The minimum absolute atomic E-state index is 0.0632. The summed E-state index contributed by atoms with van der Waals surface area (Å²) in [7, 11) is 1.60. The molecule has 1 N–H and O–H groups in total. The Kier molecular flexibility index (Phi) is 4.23. The highest BCUT2D eigenvalue weighted by molar-refractivity contribution is 5.94. The number of methoxy groups -OCH3 is 1. The molecule has 1 amide bonds. The van der Waals surface area contributed by atoms with Gasteiger partial charge >= 0.3 is 0 Å². The number of rotatable bonds is 4. The van der Waals surface area contributed by atoms with Crippen molar-refractivity contribution in [3.05, 3.63) is 54.2 Å². The number of aromatic nitrogens is 1. The maximum atomic E-state index is 12.3. The van der Waals surface area contributed by atoms with Crippen LogP contribution in [0.2, 0.25) is 0 Å². The van der Waals surface area contributed by atoms with Gasteiger partial charge in [-0.2, -0.15) is 0 Å². The van der Waals surface area contributed by atoms with Crippen LogP contribution in [0.1, 0.15) is 16.8 Å². The SMILES string of the molecule is COc1cccc(C(=O)N[C@@H]2CCN(c3ccccn3)C2)c1. The maximum Gasteiger partial charge on any atom is 0.251 e. The lowest BCUT2D eigenvalue weighted by molar-refractivity contribution is 0.0940. The Bertz CT molecular complexity index is 645. The van der Waals surface area contributed by atoms with E-state index in [1.54, 1.807) is 25.4 Å². The van der Waals surface area contributed by atoms with E-state index in [1.165, 1.54) is 0 Å². The van der Waals surface area contributed by atoms with Crippen LogP contribution in [0.5, 0.6) is 5.75 Å². The monoisotopic (exact) mass is 297 g/mol. The van der Waals surface area contributed by atoms with Gasteiger partial charge in [-0.15, -0.1) is 0 Å². The van der Waals surface area contributed by atoms with E-state index in [1.807, 2.05) is 30.3 Å². The average molecular weight is 297 g/mol. The Balaban J connectivity index is 1.61. The molecule has 114 valence electrons. The van der Waals surface area contributed by atoms with E-state index >= 15 is 0 Å². The second-order valence-corrected chi connectivity index (χ2v) is 5.32. The van der Waals surface area contributed by atoms with Gasteiger partial charge in [-0.05, 0) is 36.8 Å². The smallest absolute Gasteiger partial charge is 0.251 e. The Hall–Kier alpha value is -2.56. The molecule has 1 aromatic carbocycles. The van der Waals surface area contributed by atoms with Gasteiger partial charge in [0.15, 0.2) is 0 Å². The van der Waals surface area contributed by atoms with Crippen LogP contribution in [0.4, 0.5) is 5.82 Å². The molecule has 1 aromatic heterocycles. The molecular formula is C17H19N3O2. The minimum Gasteiger partial charge on any atom is -0.497 e. The summed E-state index contributed by atoms with van der Waals surface area (Å²) >= 11 is 0. The van der Waals surface area contributed by atoms with Gasteiger partial charge in [0, 0.05) is 30.9 Å². The number of carbonyl (C=O) groups is 1. The molecule has 3 rings (SSSR count). The number of nitrogens with zero attached hydrogens (tertiary/aromatic N) is 2. The third-order valence-corrected chi connectivity index (χ3v) is 3.83. The highest BCUT2D eigenvalue weighted by Gasteiger charge is 2.25. The van der Waals surface area contributed by atoms with Crippen molar-refractivity contribution in [3.8, 4) is 5.75 Å². The molecule has 0 spiro atoms. The summed E-state index contributed by atoms with van der Waals surface area (Å²) < 4.78 is 5.15. The van der Waals surface area contributed by atoms with Gasteiger partial charge in [0.05, 0.1) is 7.11 Å². The van der Waals surface area contributed by atoms with Gasteiger partial charge in [-0.25, -0.2) is 4.98 Å². The average Bonchev–Trinajstić information content (AvgIpc) is 3.04. The maximum absolute atomic E-state index is 12.3. The van der Waals surface area contributed by atoms with Crippen molar-refractivity contribution in [1.29, 1.82) is 0 Å². The first-order valence-corrected chi connectivity index (χ1v) is 7.37. The molecule has 22 heavy (non-hydrogen) atoms. The number of hydrogen-bond donors (Lipinski definition) is 1. The first kappa shape index (κ1) is 14.4. The zero-order valence-electron chi connectivity index (χ0n) is 12.5. The first-order valence-electron chi connectivity index (χ1n) is 7.37. The molecule has 1 atom stereocenters. The van der Waals surface area contributed by atoms with Crippen molar-refractivity contribution < 1.29 is 9.53 Å². The zero-order valence-corrected chi connectivity index (χ0v) is 12.5. The van der Waals surface area contributed by atoms with E-state index < -0.39 is 0 Å². The van der Waals surface area contributed by atoms with Gasteiger partial charge in [0.25, 0.3) is 5.91 Å². The van der Waals surface area contributed by atoms with Crippen molar-refractivity contribution in [2.75, 3.05) is 25.1 Å². The molecular weight excluding hydrogens is 278 g/mol. The van der Waals surface area contributed by atoms with Crippen LogP contribution >= 0.6 is 0 Å². The number of anilines is 1. The summed E-state index contributed by atoms with van der Waals surface area (Å²) in [6.45, 7) is 1.69. The third kappa shape index (κ3) is 3.19. The molecule has 1 aliphatic rings. The molecule has 1 saturated heterocycles. The van der Waals surface area contributed by atoms with E-state index in [4.69, 9.17) is 4.74 Å². The predicted octanol–water partition coefficient (Wildman–Crippen LogP) is 2.10. The lowest BCUT2D eigenvalue weighted by Crippen LogP contribution is -2.37. The van der Waals surface area contributed by atoms with Crippen LogP contribution in [0.15, 0.2) is 48.7 Å². The van der Waals surface area contributed by atoms with Crippen LogP contribution in [-0.4, -0.2) is 37.1 Å². The van der Waals surface area contributed by atoms with Crippen molar-refractivity contribution >= 4 is 11.7 Å². The number of pyridine rings is 1. The van der Waals surface area contributed by atoms with E-state index in [2.05, 4.69) is 15.2 Å². The fourth-order valence-corrected chi connectivity index (χ4v) is 2.66. The molecule has 2 aromatic rings. The number of amides is 1. The molecule has 0 unspecified atom stereocenters. The number of hydrogen-bond acceptors (Lipinski definition) is 4. The van der Waals surface area contributed by atoms with Crippen LogP contribution in [0.3, 0.4) is 0 Å². The molecule has 0 aliphatic carbocycles. The van der Waals surface area contributed by atoms with Crippen molar-refractivity contribution in [3.63, 3.8) is 0 Å². The summed E-state index contributed by atoms with van der Waals surface area (Å²) in [5.74, 6) is 1.58. The largest absolute Gasteiger partial charge is 0.497 e. The van der Waals surface area contributed by atoms with E-state index in [0.717, 1.165) is 25.3 Å². The van der Waals surface area contributed by atoms with Crippen molar-refractivity contribution in [1.82, 2.24) is 10.3 Å². The summed E-state index contributed by atoms with van der Waals surface area (Å²) in [6, 6.07) is 13.2. The Labute approximate surface area is 129 Å². The molecule has 5 heteroatoms. The van der Waals surface area contributed by atoms with Crippen LogP contribution in [0.25, 0.3) is 0 Å². The lowest BCUT2D eigenvalue weighted by Gasteiger charge is -2.17. The number of benzene rings is 1. The quantitative estimate of drug-likeness (QED) is 0.939. The Morgan fingerprint density at radius 2 is 2.23 bits per heavy atom. The van der Waals surface area contributed by atoms with E-state index in [0.29, 0.717) is 11.3 Å². The van der Waals surface area contributed by atoms with Gasteiger partial charge in [-0.3, -0.25) is 4.79 Å². The fraction of sp³-hybridized carbons (Fsp3) is 0.294. The lowest BCUT2D eigenvalue weighted by atomic mass is 10.2. The minimum atomic E-state index is -0.0632. The Morgan fingerprint density at radius 3 is 3.00 bits per heavy atom. The molecule has 5 nitrogen and oxygen atoms in total. The zero-order chi connectivity index (χ0) is 15.4.